The van der Waals surface area contributed by atoms with E-state index in [4.69, 9.17) is 9.15 Å². The molecule has 4 rings (SSSR count). The largest absolute Gasteiger partial charge is 0.496 e. The summed E-state index contributed by atoms with van der Waals surface area (Å²) in [5.74, 6) is 1.36. The predicted octanol–water partition coefficient (Wildman–Crippen LogP) is 4.37. The molecule has 152 valence electrons. The van der Waals surface area contributed by atoms with E-state index in [9.17, 15) is 4.79 Å². The quantitative estimate of drug-likeness (QED) is 0.625. The molecular weight excluding hydrogens is 386 g/mol. The van der Waals surface area contributed by atoms with Crippen LogP contribution >= 0.6 is 11.3 Å². The van der Waals surface area contributed by atoms with Gasteiger partial charge >= 0.3 is 0 Å². The summed E-state index contributed by atoms with van der Waals surface area (Å²) < 4.78 is 11.0. The van der Waals surface area contributed by atoms with Crippen LogP contribution in [0.1, 0.15) is 41.4 Å². The van der Waals surface area contributed by atoms with Crippen LogP contribution in [-0.4, -0.2) is 42.5 Å². The lowest BCUT2D eigenvalue weighted by molar-refractivity contribution is 0.0919. The highest BCUT2D eigenvalue weighted by atomic mass is 32.1. The number of hydrogen-bond acceptors (Lipinski definition) is 6. The summed E-state index contributed by atoms with van der Waals surface area (Å²) in [6.07, 6.45) is 5.22. The average Bonchev–Trinajstić information content (AvgIpc) is 3.47. The molecule has 3 heterocycles. The van der Waals surface area contributed by atoms with Crippen LogP contribution < -0.4 is 10.1 Å². The number of ether oxygens (including phenoxy) is 1. The Morgan fingerprint density at radius 2 is 2.07 bits per heavy atom. The van der Waals surface area contributed by atoms with Crippen molar-refractivity contribution in [3.05, 3.63) is 59.3 Å². The van der Waals surface area contributed by atoms with Gasteiger partial charge in [0.15, 0.2) is 10.8 Å². The molecule has 1 aliphatic rings. The Kier molecular flexibility index (Phi) is 6.27. The second-order valence-corrected chi connectivity index (χ2v) is 7.94. The molecule has 1 saturated heterocycles. The third-order valence-corrected chi connectivity index (χ3v) is 6.11. The summed E-state index contributed by atoms with van der Waals surface area (Å²) in [5, 5.41) is 5.56. The number of methoxy groups -OCH3 is 1. The predicted molar refractivity (Wildman–Crippen MR) is 113 cm³/mol. The summed E-state index contributed by atoms with van der Waals surface area (Å²) in [6, 6.07) is 11.8. The number of nitrogens with zero attached hydrogens (tertiary/aromatic N) is 2. The smallest absolute Gasteiger partial charge is 0.270 e. The zero-order valence-electron chi connectivity index (χ0n) is 16.5. The van der Waals surface area contributed by atoms with E-state index in [1.165, 1.54) is 30.6 Å². The first-order valence-electron chi connectivity index (χ1n) is 9.91. The average molecular weight is 412 g/mol. The van der Waals surface area contributed by atoms with Crippen molar-refractivity contribution < 1.29 is 13.9 Å². The molecule has 1 N–H and O–H groups in total. The molecule has 0 saturated carbocycles. The molecular formula is C22H25N3O3S. The van der Waals surface area contributed by atoms with Crippen molar-refractivity contribution in [2.45, 2.75) is 25.3 Å². The number of carbonyl (C=O) groups is 1. The van der Waals surface area contributed by atoms with Crippen LogP contribution in [0.15, 0.2) is 52.5 Å². The number of benzene rings is 1. The maximum absolute atomic E-state index is 12.8. The number of para-hydroxylation sites is 1. The number of nitrogens with one attached hydrogen (secondary N) is 1. The Morgan fingerprint density at radius 3 is 2.83 bits per heavy atom. The molecule has 1 unspecified atom stereocenters. The Morgan fingerprint density at radius 1 is 1.24 bits per heavy atom. The summed E-state index contributed by atoms with van der Waals surface area (Å²) >= 11 is 1.40. The van der Waals surface area contributed by atoms with Gasteiger partial charge in [-0.25, -0.2) is 4.98 Å². The molecule has 3 aromatic rings. The highest BCUT2D eigenvalue weighted by molar-refractivity contribution is 7.13. The number of piperidine rings is 1. The fourth-order valence-corrected chi connectivity index (χ4v) is 4.55. The number of aromatic nitrogens is 1. The Balaban J connectivity index is 1.49. The molecule has 0 aliphatic carbocycles. The van der Waals surface area contributed by atoms with Crippen molar-refractivity contribution >= 4 is 17.2 Å². The number of thiazole rings is 1. The summed E-state index contributed by atoms with van der Waals surface area (Å²) in [5.41, 5.74) is 1.52. The summed E-state index contributed by atoms with van der Waals surface area (Å²) in [7, 11) is 1.69. The van der Waals surface area contributed by atoms with Gasteiger partial charge in [0.05, 0.1) is 19.4 Å². The van der Waals surface area contributed by atoms with Gasteiger partial charge in [-0.15, -0.1) is 11.3 Å². The number of furan rings is 1. The van der Waals surface area contributed by atoms with Gasteiger partial charge < -0.3 is 14.5 Å². The third-order valence-electron chi connectivity index (χ3n) is 5.25. The molecule has 6 nitrogen and oxygen atoms in total. The molecule has 1 amide bonds. The first-order chi connectivity index (χ1) is 14.3. The van der Waals surface area contributed by atoms with Crippen molar-refractivity contribution in [3.63, 3.8) is 0 Å². The molecule has 0 spiro atoms. The van der Waals surface area contributed by atoms with Gasteiger partial charge in [-0.2, -0.15) is 0 Å². The summed E-state index contributed by atoms with van der Waals surface area (Å²) in [4.78, 5) is 19.6. The van der Waals surface area contributed by atoms with Crippen molar-refractivity contribution in [1.82, 2.24) is 15.2 Å². The molecule has 0 bridgehead atoms. The van der Waals surface area contributed by atoms with E-state index in [0.29, 0.717) is 23.0 Å². The third kappa shape index (κ3) is 4.52. The first kappa shape index (κ1) is 19.7. The zero-order valence-corrected chi connectivity index (χ0v) is 17.3. The minimum atomic E-state index is -0.170. The molecule has 0 radical (unpaired) electrons. The minimum Gasteiger partial charge on any atom is -0.496 e. The summed E-state index contributed by atoms with van der Waals surface area (Å²) in [6.45, 7) is 2.56. The first-order valence-corrected chi connectivity index (χ1v) is 10.8. The van der Waals surface area contributed by atoms with Crippen molar-refractivity contribution in [2.24, 2.45) is 0 Å². The van der Waals surface area contributed by atoms with E-state index in [1.807, 2.05) is 30.3 Å². The Bertz CT molecular complexity index is 932. The fourth-order valence-electron chi connectivity index (χ4n) is 3.78. The van der Waals surface area contributed by atoms with E-state index in [-0.39, 0.29) is 11.9 Å². The van der Waals surface area contributed by atoms with Crippen LogP contribution in [0.25, 0.3) is 10.8 Å². The second-order valence-electron chi connectivity index (χ2n) is 7.08. The normalized spacial score (nSPS) is 15.8. The number of carbonyl (C=O) groups excluding carboxylic acids is 1. The van der Waals surface area contributed by atoms with Crippen LogP contribution in [0.3, 0.4) is 0 Å². The van der Waals surface area contributed by atoms with Crippen LogP contribution in [0.5, 0.6) is 5.75 Å². The number of amides is 1. The van der Waals surface area contributed by atoms with E-state index in [0.717, 1.165) is 24.4 Å². The highest BCUT2D eigenvalue weighted by Crippen LogP contribution is 2.31. The van der Waals surface area contributed by atoms with Gasteiger partial charge in [0, 0.05) is 17.5 Å². The van der Waals surface area contributed by atoms with Crippen LogP contribution in [0.4, 0.5) is 0 Å². The molecule has 29 heavy (non-hydrogen) atoms. The topological polar surface area (TPSA) is 67.6 Å². The van der Waals surface area contributed by atoms with Crippen molar-refractivity contribution in [1.29, 1.82) is 0 Å². The van der Waals surface area contributed by atoms with E-state index < -0.39 is 0 Å². The fraction of sp³-hybridized carbons (Fsp3) is 0.364. The Labute approximate surface area is 174 Å². The van der Waals surface area contributed by atoms with Gasteiger partial charge in [0.25, 0.3) is 5.91 Å². The minimum absolute atomic E-state index is 0.0681. The standard InChI is InChI=1S/C22H25N3O3S/c1-27-19-9-4-3-8-16(19)18(25-11-5-2-6-12-25)14-23-21(26)17-15-29-22(24-17)20-10-7-13-28-20/h3-4,7-10,13,15,18H,2,5-6,11-12,14H2,1H3,(H,23,26). The lowest BCUT2D eigenvalue weighted by atomic mass is 10.0. The van der Waals surface area contributed by atoms with E-state index in [1.54, 1.807) is 18.8 Å². The van der Waals surface area contributed by atoms with Gasteiger partial charge in [-0.3, -0.25) is 9.69 Å². The number of likely N-dealkylation sites (tertiary alicyclic amines) is 1. The molecule has 1 fully saturated rings. The van der Waals surface area contributed by atoms with Crippen LogP contribution in [-0.2, 0) is 0 Å². The lowest BCUT2D eigenvalue weighted by Crippen LogP contribution is -2.40. The van der Waals surface area contributed by atoms with Gasteiger partial charge in [0.1, 0.15) is 11.4 Å². The van der Waals surface area contributed by atoms with Crippen molar-refractivity contribution in [3.8, 4) is 16.5 Å². The zero-order chi connectivity index (χ0) is 20.1. The molecule has 7 heteroatoms. The maximum atomic E-state index is 12.8. The Hall–Kier alpha value is -2.64. The van der Waals surface area contributed by atoms with Gasteiger partial charge in [0.2, 0.25) is 0 Å². The van der Waals surface area contributed by atoms with E-state index >= 15 is 0 Å². The van der Waals surface area contributed by atoms with Gasteiger partial charge in [-0.05, 0) is 44.1 Å². The van der Waals surface area contributed by atoms with Gasteiger partial charge in [-0.1, -0.05) is 24.6 Å². The molecule has 1 aromatic carbocycles. The lowest BCUT2D eigenvalue weighted by Gasteiger charge is -2.35. The number of rotatable bonds is 7. The van der Waals surface area contributed by atoms with Crippen molar-refractivity contribution in [2.75, 3.05) is 26.7 Å². The van der Waals surface area contributed by atoms with Crippen LogP contribution in [0, 0.1) is 0 Å². The number of hydrogen-bond donors (Lipinski definition) is 1. The molecule has 1 aliphatic heterocycles. The SMILES string of the molecule is COc1ccccc1C(CNC(=O)c1csc(-c2ccco2)n1)N1CCCCC1. The van der Waals surface area contributed by atoms with E-state index in [2.05, 4.69) is 21.3 Å². The van der Waals surface area contributed by atoms with Crippen LogP contribution in [0.2, 0.25) is 0 Å². The molecule has 2 aromatic heterocycles. The molecule has 1 atom stereocenters. The second kappa shape index (κ2) is 9.24. The monoisotopic (exact) mass is 411 g/mol. The highest BCUT2D eigenvalue weighted by Gasteiger charge is 2.26. The maximum Gasteiger partial charge on any atom is 0.270 e.